The van der Waals surface area contributed by atoms with Crippen molar-refractivity contribution < 1.29 is 19.0 Å². The number of fused-ring (bicyclic) bond motifs is 1. The van der Waals surface area contributed by atoms with Crippen molar-refractivity contribution in [1.82, 2.24) is 10.3 Å². The number of ether oxygens (including phenoxy) is 3. The van der Waals surface area contributed by atoms with Gasteiger partial charge in [-0.1, -0.05) is 11.6 Å². The van der Waals surface area contributed by atoms with Crippen LogP contribution in [0.5, 0.6) is 11.5 Å². The van der Waals surface area contributed by atoms with Crippen LogP contribution >= 0.6 is 11.6 Å². The summed E-state index contributed by atoms with van der Waals surface area (Å²) in [7, 11) is 1.41. The van der Waals surface area contributed by atoms with Crippen molar-refractivity contribution in [3.8, 4) is 23.8 Å². The number of rotatable bonds is 6. The number of hydrogen-bond acceptors (Lipinski definition) is 12. The van der Waals surface area contributed by atoms with Gasteiger partial charge in [0.25, 0.3) is 0 Å². The Morgan fingerprint density at radius 2 is 2.12 bits per heavy atom. The molecular weight excluding hydrogens is 464 g/mol. The summed E-state index contributed by atoms with van der Waals surface area (Å²) in [5.41, 5.74) is 13.0. The quantitative estimate of drug-likeness (QED) is 0.266. The van der Waals surface area contributed by atoms with Crippen molar-refractivity contribution in [1.29, 1.82) is 10.5 Å². The van der Waals surface area contributed by atoms with Gasteiger partial charge in [-0.3, -0.25) is 5.32 Å². The number of hydrogen-bond donors (Lipinski definition) is 4. The van der Waals surface area contributed by atoms with Gasteiger partial charge >= 0.3 is 5.97 Å². The molecule has 2 heterocycles. The molecule has 2 aromatic rings. The van der Waals surface area contributed by atoms with Crippen molar-refractivity contribution in [2.45, 2.75) is 26.0 Å². The summed E-state index contributed by atoms with van der Waals surface area (Å²) >= 11 is 6.50. The van der Waals surface area contributed by atoms with Gasteiger partial charge in [0.2, 0.25) is 5.96 Å². The molecule has 0 saturated heterocycles. The van der Waals surface area contributed by atoms with Crippen molar-refractivity contribution in [2.24, 2.45) is 4.99 Å². The van der Waals surface area contributed by atoms with E-state index in [-0.39, 0.29) is 52.0 Å². The first kappa shape index (κ1) is 24.2. The fourth-order valence-corrected chi connectivity index (χ4v) is 3.58. The second kappa shape index (κ2) is 10.0. The molecule has 0 aliphatic carbocycles. The second-order valence-electron chi connectivity index (χ2n) is 6.95. The number of aliphatic imine (C=N–C) groups is 1. The fourth-order valence-electron chi connectivity index (χ4n) is 3.32. The molecule has 0 bridgehead atoms. The molecule has 1 aliphatic rings. The van der Waals surface area contributed by atoms with E-state index in [9.17, 15) is 10.1 Å². The molecule has 34 heavy (non-hydrogen) atoms. The third-order valence-electron chi connectivity index (χ3n) is 4.84. The van der Waals surface area contributed by atoms with Crippen molar-refractivity contribution in [3.05, 3.63) is 33.8 Å². The zero-order chi connectivity index (χ0) is 25.0. The Hall–Kier alpha value is -4.42. The van der Waals surface area contributed by atoms with Crippen LogP contribution in [0.4, 0.5) is 17.3 Å². The molecule has 12 nitrogen and oxygen atoms in total. The summed E-state index contributed by atoms with van der Waals surface area (Å²) in [5.74, 6) is 0.0135. The minimum absolute atomic E-state index is 0.00119. The van der Waals surface area contributed by atoms with Crippen LogP contribution in [0.1, 0.15) is 36.6 Å². The summed E-state index contributed by atoms with van der Waals surface area (Å²) < 4.78 is 16.1. The van der Waals surface area contributed by atoms with Crippen LogP contribution in [0.3, 0.4) is 0 Å². The van der Waals surface area contributed by atoms with Gasteiger partial charge in [-0.15, -0.1) is 0 Å². The van der Waals surface area contributed by atoms with Crippen molar-refractivity contribution >= 4 is 40.9 Å². The Morgan fingerprint density at radius 1 is 1.38 bits per heavy atom. The Balaban J connectivity index is 2.14. The normalized spacial score (nSPS) is 14.9. The molecule has 1 aromatic carbocycles. The molecule has 0 fully saturated rings. The zero-order valence-corrected chi connectivity index (χ0v) is 19.2. The topological polar surface area (TPSA) is 194 Å². The number of methoxy groups -OCH3 is 1. The van der Waals surface area contributed by atoms with Crippen LogP contribution in [-0.2, 0) is 9.53 Å². The number of benzene rings is 1. The number of pyridine rings is 1. The number of guanidine groups is 1. The second-order valence-corrected chi connectivity index (χ2v) is 7.36. The van der Waals surface area contributed by atoms with Gasteiger partial charge in [0, 0.05) is 5.56 Å². The van der Waals surface area contributed by atoms with Crippen molar-refractivity contribution in [3.63, 3.8) is 0 Å². The van der Waals surface area contributed by atoms with Crippen LogP contribution in [0.2, 0.25) is 5.02 Å². The number of anilines is 3. The first-order chi connectivity index (χ1) is 16.2. The van der Waals surface area contributed by atoms with Gasteiger partial charge in [0.05, 0.1) is 24.4 Å². The van der Waals surface area contributed by atoms with E-state index in [4.69, 9.17) is 42.5 Å². The minimum Gasteiger partial charge on any atom is -0.493 e. The molecule has 2 unspecified atom stereocenters. The third-order valence-corrected chi connectivity index (χ3v) is 5.12. The van der Waals surface area contributed by atoms with Gasteiger partial charge in [-0.25, -0.2) is 14.8 Å². The highest BCUT2D eigenvalue weighted by molar-refractivity contribution is 6.32. The molecule has 0 spiro atoms. The summed E-state index contributed by atoms with van der Waals surface area (Å²) in [6, 6.07) is 4.24. The molecule has 1 aromatic heterocycles. The Morgan fingerprint density at radius 3 is 2.74 bits per heavy atom. The molecule has 0 amide bonds. The van der Waals surface area contributed by atoms with Gasteiger partial charge in [-0.05, 0) is 31.5 Å². The lowest BCUT2D eigenvalue weighted by molar-refractivity contribution is -0.150. The summed E-state index contributed by atoms with van der Waals surface area (Å²) in [6.07, 6.45) is 0.835. The zero-order valence-electron chi connectivity index (χ0n) is 18.5. The number of nitrogens with two attached hydrogens (primary N) is 2. The smallest absolute Gasteiger partial charge is 0.347 e. The number of nitrogens with one attached hydrogen (secondary N) is 2. The van der Waals surface area contributed by atoms with E-state index in [1.54, 1.807) is 25.2 Å². The van der Waals surface area contributed by atoms with E-state index in [1.807, 2.05) is 6.07 Å². The first-order valence-corrected chi connectivity index (χ1v) is 10.3. The molecule has 1 aliphatic heterocycles. The molecular formula is C21H21ClN8O4. The maximum Gasteiger partial charge on any atom is 0.347 e. The van der Waals surface area contributed by atoms with Crippen molar-refractivity contribution in [2.75, 3.05) is 30.5 Å². The van der Waals surface area contributed by atoms with E-state index in [2.05, 4.69) is 20.6 Å². The number of aromatic nitrogens is 1. The summed E-state index contributed by atoms with van der Waals surface area (Å²) in [6.45, 7) is 3.41. The number of esters is 1. The predicted octanol–water partition coefficient (Wildman–Crippen LogP) is 2.05. The average molecular weight is 485 g/mol. The molecule has 3 rings (SSSR count). The summed E-state index contributed by atoms with van der Waals surface area (Å²) in [4.78, 5) is 20.7. The number of nitrogen functional groups attached to an aromatic ring is 2. The number of carbonyl (C=O) groups excluding carboxylic acids is 1. The number of carbonyl (C=O) groups is 1. The minimum atomic E-state index is -0.942. The van der Waals surface area contributed by atoms with Crippen LogP contribution in [-0.4, -0.2) is 36.7 Å². The third kappa shape index (κ3) is 4.53. The number of halogens is 1. The maximum atomic E-state index is 12.0. The molecule has 6 N–H and O–H groups in total. The Bertz CT molecular complexity index is 1250. The Labute approximate surface area is 200 Å². The molecule has 13 heteroatoms. The summed E-state index contributed by atoms with van der Waals surface area (Å²) in [5, 5.41) is 23.9. The van der Waals surface area contributed by atoms with Crippen LogP contribution < -0.4 is 31.6 Å². The van der Waals surface area contributed by atoms with E-state index >= 15 is 0 Å². The molecule has 0 radical (unpaired) electrons. The van der Waals surface area contributed by atoms with Gasteiger partial charge in [0.15, 0.2) is 23.8 Å². The first-order valence-electron chi connectivity index (χ1n) is 9.95. The van der Waals surface area contributed by atoms with Gasteiger partial charge < -0.3 is 31.0 Å². The monoisotopic (exact) mass is 484 g/mol. The highest BCUT2D eigenvalue weighted by Crippen LogP contribution is 2.45. The number of nitrogens with zero attached hydrogens (tertiary/aromatic N) is 4. The molecule has 2 atom stereocenters. The largest absolute Gasteiger partial charge is 0.493 e. The molecule has 176 valence electrons. The van der Waals surface area contributed by atoms with Crippen LogP contribution in [0.25, 0.3) is 0 Å². The van der Waals surface area contributed by atoms with Crippen LogP contribution in [0, 0.1) is 22.8 Å². The number of nitriles is 2. The maximum absolute atomic E-state index is 12.0. The highest BCUT2D eigenvalue weighted by Gasteiger charge is 2.31. The van der Waals surface area contributed by atoms with E-state index in [0.717, 1.165) is 0 Å². The lowest BCUT2D eigenvalue weighted by atomic mass is 9.95. The lowest BCUT2D eigenvalue weighted by Crippen LogP contribution is -2.32. The van der Waals surface area contributed by atoms with E-state index in [1.165, 1.54) is 14.0 Å². The standard InChI is InChI=1S/C21H21ClN8O4/c1-4-33-20(31)9(2)34-17-12(22)5-10(6-13(17)32-3)16-14-15(25)11(7-23)18(26)29-19(14)30-21(28-16)27-8-24/h5-6,9,16H,4H2,1-3H3,(H6,25,26,27,28,29,30). The average Bonchev–Trinajstić information content (AvgIpc) is 2.80. The van der Waals surface area contributed by atoms with Gasteiger partial charge in [0.1, 0.15) is 29.3 Å². The molecule has 0 saturated carbocycles. The fraction of sp³-hybridized carbons (Fsp3) is 0.286. The highest BCUT2D eigenvalue weighted by atomic mass is 35.5. The van der Waals surface area contributed by atoms with Gasteiger partial charge in [-0.2, -0.15) is 10.5 Å². The van der Waals surface area contributed by atoms with Crippen LogP contribution in [0.15, 0.2) is 17.1 Å². The van der Waals surface area contributed by atoms with E-state index in [0.29, 0.717) is 11.1 Å². The lowest BCUT2D eigenvalue weighted by Gasteiger charge is -2.27. The SMILES string of the molecule is CCOC(=O)C(C)Oc1c(Cl)cc(C2N=C(NC#N)Nc3nc(N)c(C#N)c(N)c32)cc1OC. The van der Waals surface area contributed by atoms with E-state index < -0.39 is 18.1 Å². The predicted molar refractivity (Wildman–Crippen MR) is 124 cm³/mol. The Kier molecular flexibility index (Phi) is 7.14.